The largest absolute Gasteiger partial charge is 0.293 e. The Hall–Kier alpha value is -2.06. The highest BCUT2D eigenvalue weighted by atomic mass is 16.1. The van der Waals surface area contributed by atoms with Gasteiger partial charge in [-0.3, -0.25) is 4.79 Å². The van der Waals surface area contributed by atoms with Crippen LogP contribution < -0.4 is 0 Å². The lowest BCUT2D eigenvalue weighted by Crippen LogP contribution is -2.12. The zero-order chi connectivity index (χ0) is 10.4. The zero-order valence-corrected chi connectivity index (χ0v) is 7.60. The molecule has 68 valence electrons. The Bertz CT molecular complexity index is 395. The molecule has 0 bridgehead atoms. The van der Waals surface area contributed by atoms with E-state index in [0.717, 1.165) is 0 Å². The minimum atomic E-state index is -0.720. The van der Waals surface area contributed by atoms with Crippen LogP contribution in [0.25, 0.3) is 0 Å². The molecule has 0 radical (unpaired) electrons. The number of hydrogen-bond donors (Lipinski definition) is 0. The third kappa shape index (κ3) is 2.21. The average molecular weight is 183 g/mol. The minimum Gasteiger partial charge on any atom is -0.293 e. The van der Waals surface area contributed by atoms with Crippen molar-refractivity contribution in [2.45, 2.75) is 6.42 Å². The molecular weight excluding hydrogens is 174 g/mol. The first-order chi connectivity index (χ1) is 6.79. The summed E-state index contributed by atoms with van der Waals surface area (Å²) in [7, 11) is 0. The minimum absolute atomic E-state index is 0.171. The fraction of sp³-hybridized carbons (Fsp3) is 0.167. The van der Waals surface area contributed by atoms with E-state index >= 15 is 0 Å². The Balaban J connectivity index is 2.86. The van der Waals surface area contributed by atoms with Crippen molar-refractivity contribution in [1.29, 1.82) is 5.26 Å². The first-order valence-corrected chi connectivity index (χ1v) is 4.22. The van der Waals surface area contributed by atoms with Gasteiger partial charge in [-0.05, 0) is 0 Å². The zero-order valence-electron chi connectivity index (χ0n) is 7.60. The molecule has 0 saturated carbocycles. The maximum absolute atomic E-state index is 11.6. The molecule has 2 heteroatoms. The van der Waals surface area contributed by atoms with Gasteiger partial charge in [0.15, 0.2) is 5.78 Å². The van der Waals surface area contributed by atoms with Crippen LogP contribution in [-0.2, 0) is 0 Å². The van der Waals surface area contributed by atoms with Gasteiger partial charge in [-0.1, -0.05) is 30.3 Å². The topological polar surface area (TPSA) is 40.9 Å². The molecule has 0 amide bonds. The molecule has 0 aliphatic rings. The molecule has 0 aromatic heterocycles. The van der Waals surface area contributed by atoms with E-state index in [1.54, 1.807) is 24.3 Å². The summed E-state index contributed by atoms with van der Waals surface area (Å²) in [5, 5.41) is 8.72. The van der Waals surface area contributed by atoms with Crippen molar-refractivity contribution in [2.24, 2.45) is 5.92 Å². The molecule has 0 heterocycles. The second-order valence-electron chi connectivity index (χ2n) is 2.82. The fourth-order valence-electron chi connectivity index (χ4n) is 1.12. The van der Waals surface area contributed by atoms with Crippen LogP contribution in [-0.4, -0.2) is 5.78 Å². The van der Waals surface area contributed by atoms with Crippen molar-refractivity contribution in [1.82, 2.24) is 0 Å². The van der Waals surface area contributed by atoms with E-state index in [0.29, 0.717) is 5.56 Å². The molecule has 1 rings (SSSR count). The van der Waals surface area contributed by atoms with Gasteiger partial charge in [0.2, 0.25) is 0 Å². The quantitative estimate of drug-likeness (QED) is 0.531. The molecular formula is C12H9NO. The van der Waals surface area contributed by atoms with Gasteiger partial charge in [0.1, 0.15) is 5.92 Å². The Morgan fingerprint density at radius 3 is 2.57 bits per heavy atom. The van der Waals surface area contributed by atoms with Gasteiger partial charge < -0.3 is 0 Å². The molecule has 0 aliphatic heterocycles. The molecule has 2 nitrogen and oxygen atoms in total. The lowest BCUT2D eigenvalue weighted by atomic mass is 9.96. The van der Waals surface area contributed by atoms with Gasteiger partial charge in [0, 0.05) is 12.0 Å². The van der Waals surface area contributed by atoms with Gasteiger partial charge in [0.25, 0.3) is 0 Å². The molecule has 1 atom stereocenters. The lowest BCUT2D eigenvalue weighted by Gasteiger charge is -2.03. The smallest absolute Gasteiger partial charge is 0.180 e. The van der Waals surface area contributed by atoms with E-state index in [4.69, 9.17) is 11.7 Å². The van der Waals surface area contributed by atoms with Crippen molar-refractivity contribution in [3.63, 3.8) is 0 Å². The number of carbonyl (C=O) groups excluding carboxylic acids is 1. The average Bonchev–Trinajstić information content (AvgIpc) is 2.26. The second-order valence-corrected chi connectivity index (χ2v) is 2.82. The highest BCUT2D eigenvalue weighted by Gasteiger charge is 2.17. The maximum Gasteiger partial charge on any atom is 0.180 e. The van der Waals surface area contributed by atoms with E-state index in [2.05, 4.69) is 5.92 Å². The Morgan fingerprint density at radius 1 is 1.43 bits per heavy atom. The number of Topliss-reactive ketones (excluding diaryl/α,β-unsaturated/α-hetero) is 1. The van der Waals surface area contributed by atoms with Gasteiger partial charge >= 0.3 is 0 Å². The third-order valence-electron chi connectivity index (χ3n) is 1.85. The van der Waals surface area contributed by atoms with E-state index < -0.39 is 5.92 Å². The van der Waals surface area contributed by atoms with Gasteiger partial charge in [-0.25, -0.2) is 0 Å². The molecule has 0 saturated heterocycles. The molecule has 0 N–H and O–H groups in total. The first kappa shape index (κ1) is 10.0. The number of nitriles is 1. The second kappa shape index (κ2) is 4.84. The predicted octanol–water partition coefficient (Wildman–Crippen LogP) is 2.03. The van der Waals surface area contributed by atoms with Gasteiger partial charge in [-0.2, -0.15) is 5.26 Å². The third-order valence-corrected chi connectivity index (χ3v) is 1.85. The number of nitrogens with zero attached hydrogens (tertiary/aromatic N) is 1. The highest BCUT2D eigenvalue weighted by molar-refractivity contribution is 5.99. The van der Waals surface area contributed by atoms with Crippen molar-refractivity contribution < 1.29 is 4.79 Å². The number of terminal acetylenes is 1. The summed E-state index contributed by atoms with van der Waals surface area (Å²) in [6, 6.07) is 10.6. The van der Waals surface area contributed by atoms with Crippen LogP contribution in [0.2, 0.25) is 0 Å². The Labute approximate surface area is 83.2 Å². The maximum atomic E-state index is 11.6. The van der Waals surface area contributed by atoms with E-state index in [-0.39, 0.29) is 12.2 Å². The van der Waals surface area contributed by atoms with Crippen LogP contribution in [0.4, 0.5) is 0 Å². The molecule has 0 aliphatic carbocycles. The van der Waals surface area contributed by atoms with Crippen molar-refractivity contribution in [2.75, 3.05) is 0 Å². The molecule has 14 heavy (non-hydrogen) atoms. The Morgan fingerprint density at radius 2 is 2.07 bits per heavy atom. The summed E-state index contributed by atoms with van der Waals surface area (Å²) in [4.78, 5) is 11.6. The number of rotatable bonds is 3. The number of benzene rings is 1. The summed E-state index contributed by atoms with van der Waals surface area (Å²) in [6.45, 7) is 0. The Kier molecular flexibility index (Phi) is 3.47. The van der Waals surface area contributed by atoms with Crippen molar-refractivity contribution in [3.05, 3.63) is 35.9 Å². The summed E-state index contributed by atoms with van der Waals surface area (Å²) >= 11 is 0. The summed E-state index contributed by atoms with van der Waals surface area (Å²) in [5.74, 6) is 1.40. The van der Waals surface area contributed by atoms with Crippen molar-refractivity contribution >= 4 is 5.78 Å². The predicted molar refractivity (Wildman–Crippen MR) is 53.3 cm³/mol. The molecule has 1 aromatic rings. The standard InChI is InChI=1S/C12H9NO/c1-2-6-11(9-13)12(14)10-7-4-3-5-8-10/h1,3-5,7-8,11H,6H2. The molecule has 0 fully saturated rings. The summed E-state index contributed by atoms with van der Waals surface area (Å²) < 4.78 is 0. The fourth-order valence-corrected chi connectivity index (χ4v) is 1.12. The molecule has 1 aromatic carbocycles. The van der Waals surface area contributed by atoms with Gasteiger partial charge in [0.05, 0.1) is 6.07 Å². The van der Waals surface area contributed by atoms with Crippen LogP contribution >= 0.6 is 0 Å². The van der Waals surface area contributed by atoms with E-state index in [9.17, 15) is 4.79 Å². The van der Waals surface area contributed by atoms with E-state index in [1.165, 1.54) is 0 Å². The molecule has 0 spiro atoms. The molecule has 1 unspecified atom stereocenters. The summed E-state index contributed by atoms with van der Waals surface area (Å²) in [5.41, 5.74) is 0.536. The number of ketones is 1. The first-order valence-electron chi connectivity index (χ1n) is 4.22. The highest BCUT2D eigenvalue weighted by Crippen LogP contribution is 2.10. The lowest BCUT2D eigenvalue weighted by molar-refractivity contribution is 0.0950. The van der Waals surface area contributed by atoms with Crippen LogP contribution in [0.15, 0.2) is 30.3 Å². The van der Waals surface area contributed by atoms with E-state index in [1.807, 2.05) is 12.1 Å². The number of hydrogen-bond acceptors (Lipinski definition) is 2. The summed E-state index contributed by atoms with van der Waals surface area (Å²) in [6.07, 6.45) is 5.24. The van der Waals surface area contributed by atoms with Crippen LogP contribution in [0, 0.1) is 29.6 Å². The number of carbonyl (C=O) groups is 1. The van der Waals surface area contributed by atoms with Crippen LogP contribution in [0.3, 0.4) is 0 Å². The normalized spacial score (nSPS) is 11.0. The van der Waals surface area contributed by atoms with Gasteiger partial charge in [-0.15, -0.1) is 12.3 Å². The van der Waals surface area contributed by atoms with Crippen molar-refractivity contribution in [3.8, 4) is 18.4 Å². The van der Waals surface area contributed by atoms with Crippen LogP contribution in [0.1, 0.15) is 16.8 Å². The monoisotopic (exact) mass is 183 g/mol. The van der Waals surface area contributed by atoms with Crippen LogP contribution in [0.5, 0.6) is 0 Å². The SMILES string of the molecule is C#CCC(C#N)C(=O)c1ccccc1.